The summed E-state index contributed by atoms with van der Waals surface area (Å²) in [5, 5.41) is 0. The maximum Gasteiger partial charge on any atom is 0.236 e. The first-order chi connectivity index (χ1) is 9.99. The van der Waals surface area contributed by atoms with E-state index < -0.39 is 5.79 Å². The molecule has 3 atom stereocenters. The van der Waals surface area contributed by atoms with E-state index in [1.54, 1.807) is 25.9 Å². The summed E-state index contributed by atoms with van der Waals surface area (Å²) >= 11 is 0. The number of hydrogen-bond donors (Lipinski definition) is 0. The molecule has 0 unspecified atom stereocenters. The minimum atomic E-state index is -1.12. The van der Waals surface area contributed by atoms with Gasteiger partial charge in [0.1, 0.15) is 0 Å². The van der Waals surface area contributed by atoms with Crippen LogP contribution in [0.15, 0.2) is 23.3 Å². The Balaban J connectivity index is 2.14. The van der Waals surface area contributed by atoms with E-state index in [1.807, 2.05) is 0 Å². The quantitative estimate of drug-likeness (QED) is 0.575. The van der Waals surface area contributed by atoms with Crippen molar-refractivity contribution in [2.75, 3.05) is 14.2 Å². The van der Waals surface area contributed by atoms with E-state index in [2.05, 4.69) is 19.9 Å². The van der Waals surface area contributed by atoms with E-state index in [4.69, 9.17) is 9.47 Å². The van der Waals surface area contributed by atoms with Gasteiger partial charge in [-0.25, -0.2) is 0 Å². The highest BCUT2D eigenvalue weighted by atomic mass is 16.7. The second-order valence-corrected chi connectivity index (χ2v) is 7.00. The van der Waals surface area contributed by atoms with Gasteiger partial charge in [-0.1, -0.05) is 30.6 Å². The summed E-state index contributed by atoms with van der Waals surface area (Å²) in [6, 6.07) is 0. The SMILES string of the molecule is COC1(OC)C(=O)C=C[C@@]2(C)[C@H]3CCCCC3=C(C)C[C@@H]12. The highest BCUT2D eigenvalue weighted by Gasteiger charge is 2.60. The molecule has 1 saturated carbocycles. The Labute approximate surface area is 127 Å². The van der Waals surface area contributed by atoms with E-state index in [-0.39, 0.29) is 17.1 Å². The van der Waals surface area contributed by atoms with E-state index in [0.29, 0.717) is 5.92 Å². The Bertz CT molecular complexity index is 513. The smallest absolute Gasteiger partial charge is 0.236 e. The number of carbonyl (C=O) groups excluding carboxylic acids is 1. The van der Waals surface area contributed by atoms with Gasteiger partial charge in [-0.05, 0) is 44.6 Å². The zero-order chi connectivity index (χ0) is 15.3. The van der Waals surface area contributed by atoms with Gasteiger partial charge >= 0.3 is 0 Å². The van der Waals surface area contributed by atoms with E-state index >= 15 is 0 Å². The highest BCUT2D eigenvalue weighted by Crippen LogP contribution is 2.59. The lowest BCUT2D eigenvalue weighted by Gasteiger charge is -2.55. The second-order valence-electron chi connectivity index (χ2n) is 7.00. The molecule has 3 aliphatic rings. The van der Waals surface area contributed by atoms with Gasteiger partial charge in [-0.2, -0.15) is 0 Å². The van der Waals surface area contributed by atoms with Crippen molar-refractivity contribution in [3.63, 3.8) is 0 Å². The molecule has 0 radical (unpaired) electrons. The van der Waals surface area contributed by atoms with Crippen molar-refractivity contribution in [2.24, 2.45) is 17.3 Å². The topological polar surface area (TPSA) is 35.5 Å². The summed E-state index contributed by atoms with van der Waals surface area (Å²) < 4.78 is 11.3. The fourth-order valence-electron chi connectivity index (χ4n) is 5.00. The molecule has 3 heteroatoms. The summed E-state index contributed by atoms with van der Waals surface area (Å²) in [5.74, 6) is -0.585. The van der Waals surface area contributed by atoms with Gasteiger partial charge in [0.25, 0.3) is 0 Å². The van der Waals surface area contributed by atoms with E-state index in [0.717, 1.165) is 6.42 Å². The van der Waals surface area contributed by atoms with Gasteiger partial charge in [-0.3, -0.25) is 4.79 Å². The van der Waals surface area contributed by atoms with Crippen molar-refractivity contribution in [2.45, 2.75) is 51.7 Å². The number of hydrogen-bond acceptors (Lipinski definition) is 3. The van der Waals surface area contributed by atoms with Crippen LogP contribution in [-0.4, -0.2) is 25.8 Å². The maximum atomic E-state index is 12.5. The van der Waals surface area contributed by atoms with Crippen LogP contribution >= 0.6 is 0 Å². The van der Waals surface area contributed by atoms with Crippen LogP contribution in [0.4, 0.5) is 0 Å². The predicted molar refractivity (Wildman–Crippen MR) is 81.8 cm³/mol. The van der Waals surface area contributed by atoms with Crippen LogP contribution in [-0.2, 0) is 14.3 Å². The molecule has 0 N–H and O–H groups in total. The van der Waals surface area contributed by atoms with E-state index in [9.17, 15) is 4.79 Å². The first-order valence-electron chi connectivity index (χ1n) is 8.02. The van der Waals surface area contributed by atoms with Crippen molar-refractivity contribution >= 4 is 5.78 Å². The molecule has 0 aromatic rings. The summed E-state index contributed by atoms with van der Waals surface area (Å²) in [5.41, 5.74) is 3.03. The molecule has 21 heavy (non-hydrogen) atoms. The molecule has 0 saturated heterocycles. The summed E-state index contributed by atoms with van der Waals surface area (Å²) in [6.45, 7) is 4.52. The van der Waals surface area contributed by atoms with Gasteiger partial charge in [0.05, 0.1) is 0 Å². The molecule has 3 rings (SSSR count). The average molecular weight is 290 g/mol. The fourth-order valence-corrected chi connectivity index (χ4v) is 5.00. The van der Waals surface area contributed by atoms with Gasteiger partial charge in [0, 0.05) is 25.6 Å². The van der Waals surface area contributed by atoms with Crippen molar-refractivity contribution in [1.29, 1.82) is 0 Å². The Morgan fingerprint density at radius 2 is 1.95 bits per heavy atom. The standard InChI is InChI=1S/C18H26O3/c1-12-11-15-17(2,14-8-6-5-7-13(12)14)10-9-16(19)18(15,20-3)21-4/h9-10,14-15H,5-8,11H2,1-4H3/t14-,15+,17-/m0/s1. The minimum absolute atomic E-state index is 0.0464. The molecule has 0 spiro atoms. The molecule has 0 aromatic carbocycles. The van der Waals surface area contributed by atoms with Crippen LogP contribution in [0.5, 0.6) is 0 Å². The molecule has 0 bridgehead atoms. The Hall–Kier alpha value is -0.930. The van der Waals surface area contributed by atoms with Gasteiger partial charge in [0.15, 0.2) is 0 Å². The molecule has 1 fully saturated rings. The number of allylic oxidation sites excluding steroid dienone is 3. The Morgan fingerprint density at radius 1 is 1.24 bits per heavy atom. The predicted octanol–water partition coefficient (Wildman–Crippen LogP) is 3.65. The second kappa shape index (κ2) is 5.06. The first-order valence-corrected chi connectivity index (χ1v) is 8.02. The Kier molecular flexibility index (Phi) is 3.61. The lowest BCUT2D eigenvalue weighted by atomic mass is 9.52. The number of rotatable bonds is 2. The molecule has 3 nitrogen and oxygen atoms in total. The largest absolute Gasteiger partial charge is 0.346 e. The van der Waals surface area contributed by atoms with Crippen LogP contribution in [0.3, 0.4) is 0 Å². The lowest BCUT2D eigenvalue weighted by molar-refractivity contribution is -0.247. The normalized spacial score (nSPS) is 38.2. The van der Waals surface area contributed by atoms with Crippen molar-refractivity contribution in [1.82, 2.24) is 0 Å². The summed E-state index contributed by atoms with van der Waals surface area (Å²) in [6.07, 6.45) is 9.72. The Morgan fingerprint density at radius 3 is 2.62 bits per heavy atom. The summed E-state index contributed by atoms with van der Waals surface area (Å²) in [7, 11) is 3.19. The molecule has 3 aliphatic carbocycles. The van der Waals surface area contributed by atoms with Crippen molar-refractivity contribution in [3.8, 4) is 0 Å². The van der Waals surface area contributed by atoms with Crippen LogP contribution in [0, 0.1) is 17.3 Å². The average Bonchev–Trinajstić information content (AvgIpc) is 2.51. The monoisotopic (exact) mass is 290 g/mol. The molecule has 0 amide bonds. The number of methoxy groups -OCH3 is 2. The van der Waals surface area contributed by atoms with E-state index in [1.165, 1.54) is 31.3 Å². The number of carbonyl (C=O) groups is 1. The molecular formula is C18H26O3. The molecule has 0 heterocycles. The third-order valence-corrected chi connectivity index (χ3v) is 6.17. The molecule has 0 aromatic heterocycles. The summed E-state index contributed by atoms with van der Waals surface area (Å²) in [4.78, 5) is 12.5. The third kappa shape index (κ3) is 1.90. The van der Waals surface area contributed by atoms with Crippen molar-refractivity contribution < 1.29 is 14.3 Å². The number of ketones is 1. The van der Waals surface area contributed by atoms with Gasteiger partial charge in [0.2, 0.25) is 11.6 Å². The maximum absolute atomic E-state index is 12.5. The zero-order valence-corrected chi connectivity index (χ0v) is 13.6. The first kappa shape index (κ1) is 15.0. The van der Waals surface area contributed by atoms with Crippen LogP contribution in [0.1, 0.15) is 46.0 Å². The van der Waals surface area contributed by atoms with Crippen LogP contribution in [0.25, 0.3) is 0 Å². The molecular weight excluding hydrogens is 264 g/mol. The van der Waals surface area contributed by atoms with Crippen LogP contribution < -0.4 is 0 Å². The lowest BCUT2D eigenvalue weighted by Crippen LogP contribution is -2.59. The van der Waals surface area contributed by atoms with Crippen LogP contribution in [0.2, 0.25) is 0 Å². The van der Waals surface area contributed by atoms with Crippen molar-refractivity contribution in [3.05, 3.63) is 23.3 Å². The molecule has 0 aliphatic heterocycles. The fraction of sp³-hybridized carbons (Fsp3) is 0.722. The zero-order valence-electron chi connectivity index (χ0n) is 13.6. The molecule has 116 valence electrons. The number of ether oxygens (including phenoxy) is 2. The highest BCUT2D eigenvalue weighted by molar-refractivity contribution is 5.97. The third-order valence-electron chi connectivity index (χ3n) is 6.17. The van der Waals surface area contributed by atoms with Gasteiger partial charge in [-0.15, -0.1) is 0 Å². The number of fused-ring (bicyclic) bond motifs is 3. The minimum Gasteiger partial charge on any atom is -0.346 e. The van der Waals surface area contributed by atoms with Gasteiger partial charge < -0.3 is 9.47 Å².